The van der Waals surface area contributed by atoms with Crippen LogP contribution in [0.4, 0.5) is 0 Å². The molecule has 62 valence electrons. The summed E-state index contributed by atoms with van der Waals surface area (Å²) in [5.74, 6) is 0.519. The topological polar surface area (TPSA) is 44.1 Å². The normalized spacial score (nSPS) is 41.5. The van der Waals surface area contributed by atoms with Crippen molar-refractivity contribution < 1.29 is 25.1 Å². The molecule has 0 spiro atoms. The summed E-state index contributed by atoms with van der Waals surface area (Å²) in [5, 5.41) is 7.18. The van der Waals surface area contributed by atoms with Crippen LogP contribution >= 0.6 is 0 Å². The van der Waals surface area contributed by atoms with Crippen LogP contribution in [0.2, 0.25) is 0 Å². The standard InChI is InChI=1S/C8H11INO/c1-3-6-7(4-2)8(6,5-10)9-11/h3-7,10-11H,1-2H2/q-1/t6-,7+,8?. The maximum absolute atomic E-state index is 9.12. The van der Waals surface area contributed by atoms with Gasteiger partial charge < -0.3 is 0 Å². The van der Waals surface area contributed by atoms with Crippen molar-refractivity contribution in [2.24, 2.45) is 11.8 Å². The first-order chi connectivity index (χ1) is 5.26. The molecule has 0 saturated heterocycles. The van der Waals surface area contributed by atoms with Crippen molar-refractivity contribution in [3.05, 3.63) is 25.3 Å². The molecule has 2 N–H and O–H groups in total. The number of rotatable bonds is 4. The SMILES string of the molecule is C=C[C@@H]1[C@H](C=C)C1(C=N)[I-]O. The van der Waals surface area contributed by atoms with Gasteiger partial charge in [-0.3, -0.25) is 0 Å². The van der Waals surface area contributed by atoms with Crippen LogP contribution in [0.1, 0.15) is 0 Å². The molecular formula is C8H11INO-. The molecule has 0 amide bonds. The number of halogens is 1. The predicted octanol–water partition coefficient (Wildman–Crippen LogP) is -2.01. The van der Waals surface area contributed by atoms with Gasteiger partial charge in [-0.25, -0.2) is 0 Å². The Morgan fingerprint density at radius 3 is 1.91 bits per heavy atom. The van der Waals surface area contributed by atoms with Gasteiger partial charge in [0.05, 0.1) is 0 Å². The molecule has 1 aliphatic carbocycles. The van der Waals surface area contributed by atoms with Crippen LogP contribution in [0.15, 0.2) is 25.3 Å². The van der Waals surface area contributed by atoms with Gasteiger partial charge in [0, 0.05) is 0 Å². The zero-order valence-corrected chi connectivity index (χ0v) is 8.28. The molecule has 0 bridgehead atoms. The Morgan fingerprint density at radius 2 is 1.82 bits per heavy atom. The second-order valence-electron chi connectivity index (χ2n) is 2.58. The first-order valence-electron chi connectivity index (χ1n) is 3.33. The fourth-order valence-corrected chi connectivity index (χ4v) is 3.30. The first-order valence-corrected chi connectivity index (χ1v) is 5.37. The van der Waals surface area contributed by atoms with Gasteiger partial charge in [0.2, 0.25) is 0 Å². The van der Waals surface area contributed by atoms with Gasteiger partial charge in [0.1, 0.15) is 0 Å². The van der Waals surface area contributed by atoms with Gasteiger partial charge in [-0.15, -0.1) is 0 Å². The minimum absolute atomic E-state index is 0.260. The molecule has 1 unspecified atom stereocenters. The van der Waals surface area contributed by atoms with Crippen LogP contribution in [0.5, 0.6) is 0 Å². The third kappa shape index (κ3) is 1.06. The maximum atomic E-state index is 9.12. The Labute approximate surface area is 77.3 Å². The zero-order chi connectivity index (χ0) is 8.48. The molecule has 2 nitrogen and oxygen atoms in total. The van der Waals surface area contributed by atoms with Gasteiger partial charge in [0.25, 0.3) is 0 Å². The molecule has 1 rings (SSSR count). The summed E-state index contributed by atoms with van der Waals surface area (Å²) in [6, 6.07) is 0. The average Bonchev–Trinajstić information content (AvgIpc) is 2.72. The monoisotopic (exact) mass is 264 g/mol. The van der Waals surface area contributed by atoms with Crippen LogP contribution in [-0.4, -0.2) is 13.1 Å². The van der Waals surface area contributed by atoms with E-state index in [1.54, 1.807) is 0 Å². The fourth-order valence-electron chi connectivity index (χ4n) is 1.41. The third-order valence-corrected chi connectivity index (χ3v) is 4.76. The third-order valence-electron chi connectivity index (χ3n) is 2.18. The van der Waals surface area contributed by atoms with Gasteiger partial charge in [-0.1, -0.05) is 0 Å². The van der Waals surface area contributed by atoms with E-state index in [-0.39, 0.29) is 15.3 Å². The summed E-state index contributed by atoms with van der Waals surface area (Å²) in [6.45, 7) is 7.33. The average molecular weight is 264 g/mol. The molecular weight excluding hydrogens is 253 g/mol. The molecule has 3 heteroatoms. The van der Waals surface area contributed by atoms with Crippen molar-refractivity contribution in [1.82, 2.24) is 0 Å². The van der Waals surface area contributed by atoms with E-state index in [1.165, 1.54) is 6.21 Å². The second kappa shape index (κ2) is 3.06. The first kappa shape index (κ1) is 8.93. The van der Waals surface area contributed by atoms with Crippen molar-refractivity contribution in [3.63, 3.8) is 0 Å². The van der Waals surface area contributed by atoms with E-state index in [1.807, 2.05) is 12.2 Å². The molecule has 0 radical (unpaired) electrons. The van der Waals surface area contributed by atoms with Crippen molar-refractivity contribution >= 4 is 6.21 Å². The van der Waals surface area contributed by atoms with Gasteiger partial charge >= 0.3 is 77.2 Å². The Bertz CT molecular complexity index is 188. The Kier molecular flexibility index (Phi) is 2.49. The molecule has 1 saturated carbocycles. The van der Waals surface area contributed by atoms with Crippen molar-refractivity contribution in [2.75, 3.05) is 0 Å². The van der Waals surface area contributed by atoms with E-state index < -0.39 is 21.6 Å². The van der Waals surface area contributed by atoms with Gasteiger partial charge in [-0.05, 0) is 0 Å². The number of allylic oxidation sites excluding steroid dienone is 2. The molecule has 3 atom stereocenters. The van der Waals surface area contributed by atoms with E-state index in [0.29, 0.717) is 0 Å². The number of hydrogen-bond donors (Lipinski definition) is 2. The summed E-state index contributed by atoms with van der Waals surface area (Å²) >= 11 is -0.907. The zero-order valence-electron chi connectivity index (χ0n) is 6.13. The number of hydrogen-bond acceptors (Lipinski definition) is 2. The van der Waals surface area contributed by atoms with Crippen LogP contribution in [-0.2, 0) is 0 Å². The molecule has 1 aliphatic rings. The molecule has 0 aromatic heterocycles. The fraction of sp³-hybridized carbons (Fsp3) is 0.375. The summed E-state index contributed by atoms with van der Waals surface area (Å²) in [7, 11) is 0. The van der Waals surface area contributed by atoms with Gasteiger partial charge in [0.15, 0.2) is 0 Å². The number of nitrogens with one attached hydrogen (secondary N) is 1. The van der Waals surface area contributed by atoms with Crippen LogP contribution in [0.25, 0.3) is 0 Å². The summed E-state index contributed by atoms with van der Waals surface area (Å²) < 4.78 is 8.86. The summed E-state index contributed by atoms with van der Waals surface area (Å²) in [5.41, 5.74) is 0. The Morgan fingerprint density at radius 1 is 1.36 bits per heavy atom. The van der Waals surface area contributed by atoms with Crippen LogP contribution in [0.3, 0.4) is 0 Å². The minimum atomic E-state index is -0.907. The van der Waals surface area contributed by atoms with E-state index >= 15 is 0 Å². The van der Waals surface area contributed by atoms with E-state index in [2.05, 4.69) is 13.2 Å². The summed E-state index contributed by atoms with van der Waals surface area (Å²) in [4.78, 5) is 0. The van der Waals surface area contributed by atoms with Crippen LogP contribution < -0.4 is 21.6 Å². The van der Waals surface area contributed by atoms with E-state index in [4.69, 9.17) is 8.85 Å². The molecule has 0 aliphatic heterocycles. The predicted molar refractivity (Wildman–Crippen MR) is 41.1 cm³/mol. The van der Waals surface area contributed by atoms with E-state index in [9.17, 15) is 0 Å². The van der Waals surface area contributed by atoms with E-state index in [0.717, 1.165) is 0 Å². The Hall–Kier alpha value is -0.160. The van der Waals surface area contributed by atoms with Crippen LogP contribution in [0, 0.1) is 17.2 Å². The van der Waals surface area contributed by atoms with Crippen molar-refractivity contribution in [2.45, 2.75) is 3.42 Å². The van der Waals surface area contributed by atoms with Crippen molar-refractivity contribution in [1.29, 1.82) is 5.41 Å². The summed E-state index contributed by atoms with van der Waals surface area (Å²) in [6.07, 6.45) is 4.99. The quantitative estimate of drug-likeness (QED) is 0.262. The number of alkyl halides is 1. The molecule has 11 heavy (non-hydrogen) atoms. The molecule has 0 aromatic rings. The Balaban J connectivity index is 2.80. The second-order valence-corrected chi connectivity index (χ2v) is 4.93. The van der Waals surface area contributed by atoms with Crippen molar-refractivity contribution in [3.8, 4) is 0 Å². The molecule has 0 heterocycles. The molecule has 0 aromatic carbocycles. The van der Waals surface area contributed by atoms with Gasteiger partial charge in [-0.2, -0.15) is 0 Å². The molecule has 1 fully saturated rings.